The van der Waals surface area contributed by atoms with Gasteiger partial charge in [-0.25, -0.2) is 0 Å². The first-order chi connectivity index (χ1) is 10.1. The van der Waals surface area contributed by atoms with Crippen molar-refractivity contribution in [1.82, 2.24) is 0 Å². The Balaban J connectivity index is 2.51. The third-order valence-electron chi connectivity index (χ3n) is 4.24. The van der Waals surface area contributed by atoms with Gasteiger partial charge in [-0.3, -0.25) is 0 Å². The first-order valence-corrected chi connectivity index (χ1v) is 20.1. The molecule has 23 heavy (non-hydrogen) atoms. The molecule has 0 heterocycles. The average molecular weight is 389 g/mol. The molecule has 7 heteroatoms. The fourth-order valence-electron chi connectivity index (χ4n) is 3.79. The minimum Gasteiger partial charge on any atom is -0.545 e. The van der Waals surface area contributed by atoms with Crippen molar-refractivity contribution in [3.8, 4) is 0 Å². The predicted octanol–water partition coefficient (Wildman–Crippen LogP) is 4.21. The lowest BCUT2D eigenvalue weighted by Crippen LogP contribution is -2.44. The maximum absolute atomic E-state index is 6.78. The zero-order chi connectivity index (χ0) is 17.9. The molecule has 2 bridgehead atoms. The average Bonchev–Trinajstić information content (AvgIpc) is 2.65. The van der Waals surface area contributed by atoms with E-state index in [0.717, 1.165) is 28.8 Å². The second-order valence-corrected chi connectivity index (χ2v) is 25.7. The summed E-state index contributed by atoms with van der Waals surface area (Å²) in [6.07, 6.45) is 3.41. The van der Waals surface area contributed by atoms with Crippen LogP contribution in [-0.4, -0.2) is 40.8 Å². The van der Waals surface area contributed by atoms with E-state index in [1.807, 2.05) is 0 Å². The first-order valence-electron chi connectivity index (χ1n) is 8.89. The second kappa shape index (κ2) is 5.59. The summed E-state index contributed by atoms with van der Waals surface area (Å²) < 4.78 is 20.0. The maximum Gasteiger partial charge on any atom is 0.242 e. The van der Waals surface area contributed by atoms with Crippen molar-refractivity contribution >= 4 is 35.2 Å². The Bertz CT molecular complexity index is 513. The van der Waals surface area contributed by atoms with Crippen LogP contribution in [0, 0.1) is 0 Å². The summed E-state index contributed by atoms with van der Waals surface area (Å²) in [5, 5.41) is 0.231. The lowest BCUT2D eigenvalue weighted by molar-refractivity contribution is 0.0670. The van der Waals surface area contributed by atoms with Gasteiger partial charge in [0.2, 0.25) is 16.6 Å². The summed E-state index contributed by atoms with van der Waals surface area (Å²) in [4.78, 5) is 0. The van der Waals surface area contributed by atoms with Gasteiger partial charge in [0, 0.05) is 15.3 Å². The molecular formula is C16H36O3Si4. The maximum atomic E-state index is 6.78. The standard InChI is InChI=1S/C16H36O3Si4/c1-21(2,3)17-13-14(18-22(4,5)6)16(20)11-10-15(13,12-16)19-23(7,8)9/h10-12H2,1-9,20H3. The molecule has 0 radical (unpaired) electrons. The molecule has 0 aromatic carbocycles. The Labute approximate surface area is 149 Å². The number of allylic oxidation sites excluding steroid dienone is 1. The monoisotopic (exact) mass is 388 g/mol. The largest absolute Gasteiger partial charge is 0.545 e. The summed E-state index contributed by atoms with van der Waals surface area (Å²) in [5.74, 6) is 2.29. The van der Waals surface area contributed by atoms with Gasteiger partial charge >= 0.3 is 0 Å². The van der Waals surface area contributed by atoms with E-state index in [1.165, 1.54) is 12.2 Å². The van der Waals surface area contributed by atoms with Gasteiger partial charge in [0.1, 0.15) is 17.1 Å². The molecule has 0 saturated heterocycles. The van der Waals surface area contributed by atoms with Crippen LogP contribution >= 0.6 is 0 Å². The first kappa shape index (κ1) is 19.5. The highest BCUT2D eigenvalue weighted by molar-refractivity contribution is 6.71. The van der Waals surface area contributed by atoms with Crippen molar-refractivity contribution in [2.45, 2.75) is 88.8 Å². The van der Waals surface area contributed by atoms with Crippen LogP contribution in [0.3, 0.4) is 0 Å². The Morgan fingerprint density at radius 1 is 0.739 bits per heavy atom. The fraction of sp³-hybridized carbons (Fsp3) is 0.875. The smallest absolute Gasteiger partial charge is 0.242 e. The van der Waals surface area contributed by atoms with Gasteiger partial charge in [-0.2, -0.15) is 0 Å². The van der Waals surface area contributed by atoms with Crippen LogP contribution < -0.4 is 0 Å². The van der Waals surface area contributed by atoms with E-state index >= 15 is 0 Å². The van der Waals surface area contributed by atoms with Crippen LogP contribution in [0.4, 0.5) is 0 Å². The van der Waals surface area contributed by atoms with Gasteiger partial charge in [-0.1, -0.05) is 0 Å². The molecule has 1 saturated carbocycles. The molecule has 2 unspecified atom stereocenters. The molecule has 0 aromatic heterocycles. The van der Waals surface area contributed by atoms with Crippen LogP contribution in [-0.2, 0) is 13.3 Å². The van der Waals surface area contributed by atoms with E-state index in [-0.39, 0.29) is 10.6 Å². The highest BCUT2D eigenvalue weighted by atomic mass is 28.4. The summed E-state index contributed by atoms with van der Waals surface area (Å²) in [7, 11) is -3.90. The number of hydrogen-bond donors (Lipinski definition) is 0. The number of hydrogen-bond acceptors (Lipinski definition) is 3. The molecule has 0 aromatic rings. The SMILES string of the molecule is C[Si](C)(C)OC1=C(O[Si](C)(C)C)C2(O[Si](C)(C)C)CCC1([SiH3])C2. The van der Waals surface area contributed by atoms with Gasteiger partial charge in [-0.15, -0.1) is 0 Å². The molecule has 1 fully saturated rings. The topological polar surface area (TPSA) is 27.7 Å². The van der Waals surface area contributed by atoms with Gasteiger partial charge in [0.15, 0.2) is 8.32 Å². The fourth-order valence-corrected chi connectivity index (χ4v) is 8.43. The van der Waals surface area contributed by atoms with Gasteiger partial charge < -0.3 is 13.3 Å². The van der Waals surface area contributed by atoms with Crippen LogP contribution in [0.1, 0.15) is 19.3 Å². The summed E-state index contributed by atoms with van der Waals surface area (Å²) in [5.41, 5.74) is -0.193. The van der Waals surface area contributed by atoms with Crippen molar-refractivity contribution in [3.05, 3.63) is 11.5 Å². The second-order valence-electron chi connectivity index (χ2n) is 10.5. The normalized spacial score (nSPS) is 31.9. The zero-order valence-electron chi connectivity index (χ0n) is 16.8. The van der Waals surface area contributed by atoms with Crippen LogP contribution in [0.2, 0.25) is 64.0 Å². The number of rotatable bonds is 6. The van der Waals surface area contributed by atoms with Gasteiger partial charge in [0.05, 0.1) is 0 Å². The molecule has 2 aliphatic rings. The molecule has 2 aliphatic carbocycles. The molecule has 0 N–H and O–H groups in total. The Kier molecular flexibility index (Phi) is 4.73. The van der Waals surface area contributed by atoms with Gasteiger partial charge in [-0.05, 0) is 78.2 Å². The van der Waals surface area contributed by atoms with Gasteiger partial charge in [0.25, 0.3) is 0 Å². The molecule has 2 atom stereocenters. The Morgan fingerprint density at radius 3 is 1.65 bits per heavy atom. The van der Waals surface area contributed by atoms with E-state index in [1.54, 1.807) is 0 Å². The lowest BCUT2D eigenvalue weighted by Gasteiger charge is -2.40. The summed E-state index contributed by atoms with van der Waals surface area (Å²) >= 11 is 0. The summed E-state index contributed by atoms with van der Waals surface area (Å²) in [6.45, 7) is 20.5. The Hall–Kier alpha value is 0.168. The predicted molar refractivity (Wildman–Crippen MR) is 110 cm³/mol. The van der Waals surface area contributed by atoms with E-state index < -0.39 is 25.0 Å². The minimum atomic E-state index is -1.70. The highest BCUT2D eigenvalue weighted by Crippen LogP contribution is 2.65. The molecule has 134 valence electrons. The van der Waals surface area contributed by atoms with Crippen molar-refractivity contribution in [3.63, 3.8) is 0 Å². The molecule has 0 spiro atoms. The zero-order valence-corrected chi connectivity index (χ0v) is 21.8. The van der Waals surface area contributed by atoms with Crippen LogP contribution in [0.25, 0.3) is 0 Å². The van der Waals surface area contributed by atoms with E-state index in [2.05, 4.69) is 58.9 Å². The van der Waals surface area contributed by atoms with Crippen LogP contribution in [0.5, 0.6) is 0 Å². The quantitative estimate of drug-likeness (QED) is 0.638. The minimum absolute atomic E-state index is 0.193. The molecular weight excluding hydrogens is 353 g/mol. The molecule has 2 rings (SSSR count). The van der Waals surface area contributed by atoms with E-state index in [9.17, 15) is 0 Å². The highest BCUT2D eigenvalue weighted by Gasteiger charge is 2.62. The van der Waals surface area contributed by atoms with Crippen molar-refractivity contribution in [2.75, 3.05) is 0 Å². The molecule has 3 nitrogen and oxygen atoms in total. The number of fused-ring (bicyclic) bond motifs is 2. The van der Waals surface area contributed by atoms with Crippen LogP contribution in [0.15, 0.2) is 11.5 Å². The van der Waals surface area contributed by atoms with Crippen molar-refractivity contribution < 1.29 is 13.3 Å². The van der Waals surface area contributed by atoms with E-state index in [4.69, 9.17) is 13.3 Å². The molecule has 0 amide bonds. The molecule has 0 aliphatic heterocycles. The third-order valence-corrected chi connectivity index (χ3v) is 8.19. The lowest BCUT2D eigenvalue weighted by atomic mass is 10.0. The van der Waals surface area contributed by atoms with Crippen molar-refractivity contribution in [2.24, 2.45) is 0 Å². The third kappa shape index (κ3) is 4.42. The summed E-state index contributed by atoms with van der Waals surface area (Å²) in [6, 6.07) is 0. The van der Waals surface area contributed by atoms with Crippen molar-refractivity contribution in [1.29, 1.82) is 0 Å². The Morgan fingerprint density at radius 2 is 1.22 bits per heavy atom. The van der Waals surface area contributed by atoms with E-state index in [0.29, 0.717) is 0 Å².